The van der Waals surface area contributed by atoms with Crippen LogP contribution in [0.25, 0.3) is 0 Å². The summed E-state index contributed by atoms with van der Waals surface area (Å²) in [7, 11) is 0. The summed E-state index contributed by atoms with van der Waals surface area (Å²) in [5.41, 5.74) is 6.28. The number of phenolic OH excluding ortho intramolecular Hbond substituents is 1. The van der Waals surface area contributed by atoms with Crippen LogP contribution in [0.2, 0.25) is 10.0 Å². The van der Waals surface area contributed by atoms with Gasteiger partial charge in [0, 0.05) is 6.04 Å². The minimum Gasteiger partial charge on any atom is -0.505 e. The number of hydrogen-bond donors (Lipinski definition) is 2. The van der Waals surface area contributed by atoms with Gasteiger partial charge in [0.25, 0.3) is 0 Å². The Morgan fingerprint density at radius 2 is 1.80 bits per heavy atom. The molecule has 0 aliphatic rings. The topological polar surface area (TPSA) is 46.2 Å². The van der Waals surface area contributed by atoms with Crippen molar-refractivity contribution < 1.29 is 9.50 Å². The van der Waals surface area contributed by atoms with E-state index in [-0.39, 0.29) is 34.6 Å². The first-order valence-corrected chi connectivity index (χ1v) is 4.81. The smallest absolute Gasteiger partial charge is 0.152 e. The molecule has 0 aromatic heterocycles. The fraction of sp³-hybridized carbons (Fsp3) is 0.333. The Hall–Kier alpha value is -0.220. The maximum absolute atomic E-state index is 12.0. The second-order valence-electron chi connectivity index (χ2n) is 2.92. The van der Waals surface area contributed by atoms with Crippen LogP contribution < -0.4 is 5.73 Å². The van der Waals surface area contributed by atoms with E-state index < -0.39 is 12.7 Å². The van der Waals surface area contributed by atoms with Crippen LogP contribution in [0.1, 0.15) is 18.0 Å². The summed E-state index contributed by atoms with van der Waals surface area (Å²) < 4.78 is 12.0. The van der Waals surface area contributed by atoms with Gasteiger partial charge in [-0.25, -0.2) is 0 Å². The predicted molar refractivity (Wildman–Crippen MR) is 62.9 cm³/mol. The molecule has 0 aliphatic heterocycles. The SMILES string of the molecule is Cl.N[C@H](CCF)c1cc(Cl)c(O)c(Cl)c1. The van der Waals surface area contributed by atoms with E-state index in [1.807, 2.05) is 0 Å². The first-order chi connectivity index (χ1) is 6.56. The van der Waals surface area contributed by atoms with Crippen LogP contribution in [0.3, 0.4) is 0 Å². The number of rotatable bonds is 3. The third-order valence-corrected chi connectivity index (χ3v) is 2.46. The van der Waals surface area contributed by atoms with Crippen molar-refractivity contribution in [3.05, 3.63) is 27.7 Å². The van der Waals surface area contributed by atoms with Gasteiger partial charge >= 0.3 is 0 Å². The molecule has 0 bridgehead atoms. The molecule has 15 heavy (non-hydrogen) atoms. The zero-order valence-electron chi connectivity index (χ0n) is 7.71. The van der Waals surface area contributed by atoms with Gasteiger partial charge in [0.05, 0.1) is 16.7 Å². The third kappa shape index (κ3) is 3.68. The Balaban J connectivity index is 0.00000196. The highest BCUT2D eigenvalue weighted by atomic mass is 35.5. The molecule has 0 radical (unpaired) electrons. The maximum atomic E-state index is 12.0. The van der Waals surface area contributed by atoms with Crippen LogP contribution in [0, 0.1) is 0 Å². The summed E-state index contributed by atoms with van der Waals surface area (Å²) in [6.07, 6.45) is 0.206. The molecule has 6 heteroatoms. The highest BCUT2D eigenvalue weighted by Crippen LogP contribution is 2.34. The standard InChI is InChI=1S/C9H10Cl2FNO.ClH/c10-6-3-5(8(13)1-2-12)4-7(11)9(6)14;/h3-4,8,14H,1-2,13H2;1H/t8-;/m1./s1. The van der Waals surface area contributed by atoms with Gasteiger partial charge in [0.2, 0.25) is 0 Å². The average molecular weight is 275 g/mol. The van der Waals surface area contributed by atoms with Gasteiger partial charge in [0.1, 0.15) is 0 Å². The Kier molecular flexibility index (Phi) is 6.29. The molecule has 0 unspecified atom stereocenters. The fourth-order valence-corrected chi connectivity index (χ4v) is 1.59. The molecule has 2 nitrogen and oxygen atoms in total. The van der Waals surface area contributed by atoms with Crippen molar-refractivity contribution >= 4 is 35.6 Å². The van der Waals surface area contributed by atoms with Gasteiger partial charge in [-0.3, -0.25) is 4.39 Å². The summed E-state index contributed by atoms with van der Waals surface area (Å²) in [5, 5.41) is 9.52. The van der Waals surface area contributed by atoms with E-state index >= 15 is 0 Å². The summed E-state index contributed by atoms with van der Waals surface area (Å²) >= 11 is 11.4. The molecule has 0 spiro atoms. The van der Waals surface area contributed by atoms with Crippen molar-refractivity contribution in [1.82, 2.24) is 0 Å². The highest BCUT2D eigenvalue weighted by molar-refractivity contribution is 6.37. The normalized spacial score (nSPS) is 12.0. The Morgan fingerprint density at radius 3 is 2.20 bits per heavy atom. The lowest BCUT2D eigenvalue weighted by Crippen LogP contribution is -2.10. The molecule has 0 aliphatic carbocycles. The molecule has 0 fully saturated rings. The third-order valence-electron chi connectivity index (χ3n) is 1.89. The molecule has 0 saturated carbocycles. The molecule has 1 rings (SSSR count). The zero-order valence-corrected chi connectivity index (χ0v) is 10.0. The Bertz CT molecular complexity index is 312. The van der Waals surface area contributed by atoms with E-state index in [9.17, 15) is 9.50 Å². The van der Waals surface area contributed by atoms with Crippen LogP contribution in [0.5, 0.6) is 5.75 Å². The highest BCUT2D eigenvalue weighted by Gasteiger charge is 2.11. The minimum absolute atomic E-state index is 0. The molecule has 1 aromatic rings. The van der Waals surface area contributed by atoms with Crippen molar-refractivity contribution in [2.24, 2.45) is 5.73 Å². The van der Waals surface area contributed by atoms with E-state index in [0.717, 1.165) is 0 Å². The molecule has 1 aromatic carbocycles. The van der Waals surface area contributed by atoms with Crippen LogP contribution in [-0.4, -0.2) is 11.8 Å². The molecule has 3 N–H and O–H groups in total. The maximum Gasteiger partial charge on any atom is 0.152 e. The lowest BCUT2D eigenvalue weighted by molar-refractivity contribution is 0.441. The van der Waals surface area contributed by atoms with Gasteiger partial charge in [-0.15, -0.1) is 12.4 Å². The summed E-state index contributed by atoms with van der Waals surface area (Å²) in [4.78, 5) is 0. The van der Waals surface area contributed by atoms with E-state index in [2.05, 4.69) is 0 Å². The van der Waals surface area contributed by atoms with Crippen LogP contribution in [0.15, 0.2) is 12.1 Å². The van der Waals surface area contributed by atoms with Gasteiger partial charge in [-0.2, -0.15) is 0 Å². The number of phenols is 1. The first-order valence-electron chi connectivity index (χ1n) is 4.05. The van der Waals surface area contributed by atoms with Crippen LogP contribution >= 0.6 is 35.6 Å². The summed E-state index contributed by atoms with van der Waals surface area (Å²) in [5.74, 6) is -0.176. The van der Waals surface area contributed by atoms with Crippen molar-refractivity contribution in [2.45, 2.75) is 12.5 Å². The minimum atomic E-state index is -0.503. The van der Waals surface area contributed by atoms with Crippen LogP contribution in [-0.2, 0) is 0 Å². The van der Waals surface area contributed by atoms with Crippen molar-refractivity contribution in [1.29, 1.82) is 0 Å². The number of benzene rings is 1. The predicted octanol–water partition coefficient (Wildman–Crippen LogP) is 3.48. The lowest BCUT2D eigenvalue weighted by Gasteiger charge is -2.11. The molecular formula is C9H11Cl3FNO. The molecular weight excluding hydrogens is 263 g/mol. The van der Waals surface area contributed by atoms with Crippen molar-refractivity contribution in [3.63, 3.8) is 0 Å². The van der Waals surface area contributed by atoms with Gasteiger partial charge < -0.3 is 10.8 Å². The number of hydrogen-bond acceptors (Lipinski definition) is 2. The second-order valence-corrected chi connectivity index (χ2v) is 3.73. The monoisotopic (exact) mass is 273 g/mol. The number of halogens is 4. The van der Waals surface area contributed by atoms with Gasteiger partial charge in [0.15, 0.2) is 5.75 Å². The zero-order chi connectivity index (χ0) is 10.7. The average Bonchev–Trinajstić information content (AvgIpc) is 2.13. The van der Waals surface area contributed by atoms with Gasteiger partial charge in [-0.05, 0) is 24.1 Å². The number of aromatic hydroxyl groups is 1. The Labute approximate surface area is 104 Å². The van der Waals surface area contributed by atoms with E-state index in [1.165, 1.54) is 12.1 Å². The van der Waals surface area contributed by atoms with E-state index in [1.54, 1.807) is 0 Å². The largest absolute Gasteiger partial charge is 0.505 e. The number of nitrogens with two attached hydrogens (primary N) is 1. The van der Waals surface area contributed by atoms with Gasteiger partial charge in [-0.1, -0.05) is 23.2 Å². The van der Waals surface area contributed by atoms with E-state index in [0.29, 0.717) is 5.56 Å². The summed E-state index contributed by atoms with van der Waals surface area (Å²) in [6, 6.07) is 2.53. The molecule has 1 atom stereocenters. The number of alkyl halides is 1. The first kappa shape index (κ1) is 14.8. The second kappa shape index (κ2) is 6.38. The fourth-order valence-electron chi connectivity index (χ4n) is 1.08. The summed E-state index contributed by atoms with van der Waals surface area (Å²) in [6.45, 7) is -0.503. The Morgan fingerprint density at radius 1 is 1.33 bits per heavy atom. The van der Waals surface area contributed by atoms with Crippen LogP contribution in [0.4, 0.5) is 4.39 Å². The van der Waals surface area contributed by atoms with Crippen molar-refractivity contribution in [2.75, 3.05) is 6.67 Å². The molecule has 0 heterocycles. The molecule has 0 amide bonds. The lowest BCUT2D eigenvalue weighted by atomic mass is 10.1. The van der Waals surface area contributed by atoms with E-state index in [4.69, 9.17) is 28.9 Å². The quantitative estimate of drug-likeness (QED) is 0.886. The molecule has 86 valence electrons. The molecule has 0 saturated heterocycles. The van der Waals surface area contributed by atoms with Crippen molar-refractivity contribution in [3.8, 4) is 5.75 Å².